The average Bonchev–Trinajstić information content (AvgIpc) is 3.21. The summed E-state index contributed by atoms with van der Waals surface area (Å²) in [4.78, 5) is 40.0. The van der Waals surface area contributed by atoms with E-state index < -0.39 is 17.5 Å². The highest BCUT2D eigenvalue weighted by Gasteiger charge is 2.49. The summed E-state index contributed by atoms with van der Waals surface area (Å²) in [6.45, 7) is 7.68. The lowest BCUT2D eigenvalue weighted by Crippen LogP contribution is -2.41. The first kappa shape index (κ1) is 23.4. The Labute approximate surface area is 198 Å². The number of hydrogen-bond acceptors (Lipinski definition) is 3. The molecule has 1 atom stereocenters. The SMILES string of the molecule is Cc1ccc([C@]2(C)NC(=O)N(CC(=O)c3cc(C)n(CCc4ccc(F)cc4)c3C)C2=O)cc1. The van der Waals surface area contributed by atoms with Crippen LogP contribution in [0.25, 0.3) is 0 Å². The number of halogens is 1. The number of urea groups is 1. The van der Waals surface area contributed by atoms with Gasteiger partial charge in [-0.05, 0) is 63.4 Å². The van der Waals surface area contributed by atoms with Crippen LogP contribution in [-0.4, -0.2) is 33.7 Å². The highest BCUT2D eigenvalue weighted by Crippen LogP contribution is 2.29. The zero-order valence-corrected chi connectivity index (χ0v) is 19.8. The Bertz CT molecular complexity index is 1260. The average molecular weight is 462 g/mol. The smallest absolute Gasteiger partial charge is 0.325 e. The fourth-order valence-electron chi connectivity index (χ4n) is 4.47. The standard InChI is InChI=1S/C27H28FN3O3/c1-17-5-9-21(10-6-17)27(4)25(33)31(26(34)29-27)16-24(32)23-15-18(2)30(19(23)3)14-13-20-7-11-22(28)12-8-20/h5-12,15H,13-14,16H2,1-4H3,(H,29,34)/t27-/m0/s1. The molecule has 1 fully saturated rings. The van der Waals surface area contributed by atoms with E-state index in [0.29, 0.717) is 24.1 Å². The van der Waals surface area contributed by atoms with Crippen molar-refractivity contribution in [2.75, 3.05) is 6.54 Å². The number of aryl methyl sites for hydroxylation is 3. The number of carbonyl (C=O) groups excluding carboxylic acids is 3. The second-order valence-electron chi connectivity index (χ2n) is 9.05. The first-order valence-electron chi connectivity index (χ1n) is 11.3. The number of rotatable bonds is 7. The van der Waals surface area contributed by atoms with Crippen LogP contribution >= 0.6 is 0 Å². The lowest BCUT2D eigenvalue weighted by Gasteiger charge is -2.22. The third-order valence-electron chi connectivity index (χ3n) is 6.62. The van der Waals surface area contributed by atoms with Crippen molar-refractivity contribution in [1.29, 1.82) is 0 Å². The van der Waals surface area contributed by atoms with Gasteiger partial charge in [-0.25, -0.2) is 9.18 Å². The number of hydrogen-bond donors (Lipinski definition) is 1. The minimum absolute atomic E-state index is 0.274. The second kappa shape index (κ2) is 8.89. The highest BCUT2D eigenvalue weighted by atomic mass is 19.1. The predicted octanol–water partition coefficient (Wildman–Crippen LogP) is 4.45. The number of carbonyl (C=O) groups is 3. The van der Waals surface area contributed by atoms with Gasteiger partial charge in [0.25, 0.3) is 5.91 Å². The van der Waals surface area contributed by atoms with E-state index in [9.17, 15) is 18.8 Å². The summed E-state index contributed by atoms with van der Waals surface area (Å²) in [5.41, 5.74) is 3.67. The van der Waals surface area contributed by atoms with E-state index in [4.69, 9.17) is 0 Å². The molecule has 34 heavy (non-hydrogen) atoms. The molecule has 0 aliphatic carbocycles. The highest BCUT2D eigenvalue weighted by molar-refractivity contribution is 6.11. The number of amides is 3. The van der Waals surface area contributed by atoms with Gasteiger partial charge in [0, 0.05) is 23.5 Å². The molecule has 1 aliphatic rings. The van der Waals surface area contributed by atoms with Crippen LogP contribution in [0.5, 0.6) is 0 Å². The van der Waals surface area contributed by atoms with Crippen molar-refractivity contribution < 1.29 is 18.8 Å². The molecule has 1 N–H and O–H groups in total. The number of ketones is 1. The molecule has 3 amide bonds. The molecule has 3 aromatic rings. The maximum atomic E-state index is 13.2. The van der Waals surface area contributed by atoms with Gasteiger partial charge in [0.1, 0.15) is 11.4 Å². The second-order valence-corrected chi connectivity index (χ2v) is 9.05. The van der Waals surface area contributed by atoms with Crippen LogP contribution in [-0.2, 0) is 23.3 Å². The maximum absolute atomic E-state index is 13.2. The molecular formula is C27H28FN3O3. The van der Waals surface area contributed by atoms with Gasteiger partial charge in [-0.15, -0.1) is 0 Å². The molecule has 1 aromatic heterocycles. The van der Waals surface area contributed by atoms with Gasteiger partial charge in [-0.3, -0.25) is 14.5 Å². The van der Waals surface area contributed by atoms with Crippen LogP contribution in [0.15, 0.2) is 54.6 Å². The minimum atomic E-state index is -1.21. The summed E-state index contributed by atoms with van der Waals surface area (Å²) in [7, 11) is 0. The third kappa shape index (κ3) is 4.25. The van der Waals surface area contributed by atoms with Gasteiger partial charge in [0.05, 0.1) is 6.54 Å². The molecular weight excluding hydrogens is 433 g/mol. The van der Waals surface area contributed by atoms with Crippen molar-refractivity contribution in [1.82, 2.24) is 14.8 Å². The van der Waals surface area contributed by atoms with Gasteiger partial charge in [0.15, 0.2) is 5.78 Å². The summed E-state index contributed by atoms with van der Waals surface area (Å²) in [6.07, 6.45) is 0.687. The van der Waals surface area contributed by atoms with Crippen molar-refractivity contribution in [3.63, 3.8) is 0 Å². The summed E-state index contributed by atoms with van der Waals surface area (Å²) in [6, 6.07) is 15.0. The molecule has 1 aliphatic heterocycles. The molecule has 4 rings (SSSR count). The van der Waals surface area contributed by atoms with Crippen LogP contribution < -0.4 is 5.32 Å². The lowest BCUT2D eigenvalue weighted by molar-refractivity contribution is -0.130. The van der Waals surface area contributed by atoms with Crippen molar-refractivity contribution >= 4 is 17.7 Å². The zero-order chi connectivity index (χ0) is 24.6. The summed E-state index contributed by atoms with van der Waals surface area (Å²) in [5, 5.41) is 2.75. The van der Waals surface area contributed by atoms with Crippen LogP contribution in [0.1, 0.15) is 45.4 Å². The van der Waals surface area contributed by atoms with Crippen LogP contribution in [0.4, 0.5) is 9.18 Å². The first-order valence-corrected chi connectivity index (χ1v) is 11.3. The molecule has 0 bridgehead atoms. The number of benzene rings is 2. The molecule has 0 saturated carbocycles. The Balaban J connectivity index is 1.49. The summed E-state index contributed by atoms with van der Waals surface area (Å²) in [5.74, 6) is -1.01. The number of Topliss-reactive ketones (excluding diaryl/α,β-unsaturated/α-hetero) is 1. The van der Waals surface area contributed by atoms with Crippen LogP contribution in [0.3, 0.4) is 0 Å². The van der Waals surface area contributed by atoms with Gasteiger partial charge < -0.3 is 9.88 Å². The van der Waals surface area contributed by atoms with Crippen molar-refractivity contribution in [3.05, 3.63) is 94.1 Å². The third-order valence-corrected chi connectivity index (χ3v) is 6.62. The molecule has 7 heteroatoms. The molecule has 0 spiro atoms. The normalized spacial score (nSPS) is 17.9. The molecule has 176 valence electrons. The Hall–Kier alpha value is -3.74. The molecule has 0 unspecified atom stereocenters. The Kier molecular flexibility index (Phi) is 6.13. The fraction of sp³-hybridized carbons (Fsp3) is 0.296. The molecule has 0 radical (unpaired) electrons. The fourth-order valence-corrected chi connectivity index (χ4v) is 4.47. The van der Waals surface area contributed by atoms with Gasteiger partial charge in [-0.2, -0.15) is 0 Å². The number of aromatic nitrogens is 1. The largest absolute Gasteiger partial charge is 0.348 e. The van der Waals surface area contributed by atoms with Crippen molar-refractivity contribution in [3.8, 4) is 0 Å². The molecule has 2 heterocycles. The molecule has 6 nitrogen and oxygen atoms in total. The Morgan fingerprint density at radius 3 is 2.29 bits per heavy atom. The Morgan fingerprint density at radius 2 is 1.65 bits per heavy atom. The summed E-state index contributed by atoms with van der Waals surface area (Å²) < 4.78 is 15.2. The lowest BCUT2D eigenvalue weighted by atomic mass is 9.91. The Morgan fingerprint density at radius 1 is 1.00 bits per heavy atom. The van der Waals surface area contributed by atoms with E-state index in [2.05, 4.69) is 5.32 Å². The van der Waals surface area contributed by atoms with Crippen LogP contribution in [0.2, 0.25) is 0 Å². The van der Waals surface area contributed by atoms with E-state index in [0.717, 1.165) is 27.4 Å². The van der Waals surface area contributed by atoms with Crippen LogP contribution in [0, 0.1) is 26.6 Å². The minimum Gasteiger partial charge on any atom is -0.348 e. The topological polar surface area (TPSA) is 71.4 Å². The zero-order valence-electron chi connectivity index (χ0n) is 19.8. The predicted molar refractivity (Wildman–Crippen MR) is 127 cm³/mol. The monoisotopic (exact) mass is 461 g/mol. The van der Waals surface area contributed by atoms with E-state index in [1.165, 1.54) is 12.1 Å². The van der Waals surface area contributed by atoms with E-state index in [-0.39, 0.29) is 18.1 Å². The van der Waals surface area contributed by atoms with Crippen molar-refractivity contribution in [2.45, 2.75) is 46.2 Å². The van der Waals surface area contributed by atoms with Gasteiger partial charge in [0.2, 0.25) is 0 Å². The van der Waals surface area contributed by atoms with E-state index in [1.54, 1.807) is 25.1 Å². The number of nitrogens with one attached hydrogen (secondary N) is 1. The van der Waals surface area contributed by atoms with E-state index in [1.807, 2.05) is 49.6 Å². The molecule has 1 saturated heterocycles. The van der Waals surface area contributed by atoms with Gasteiger partial charge >= 0.3 is 6.03 Å². The number of imide groups is 1. The first-order chi connectivity index (χ1) is 16.1. The molecule has 2 aromatic carbocycles. The van der Waals surface area contributed by atoms with E-state index >= 15 is 0 Å². The van der Waals surface area contributed by atoms with Crippen molar-refractivity contribution in [2.24, 2.45) is 0 Å². The van der Waals surface area contributed by atoms with Gasteiger partial charge in [-0.1, -0.05) is 42.0 Å². The quantitative estimate of drug-likeness (QED) is 0.418. The number of nitrogens with zero attached hydrogens (tertiary/aromatic N) is 2. The summed E-state index contributed by atoms with van der Waals surface area (Å²) >= 11 is 0. The maximum Gasteiger partial charge on any atom is 0.325 e.